The number of H-pyrrole nitrogens is 1. The minimum absolute atomic E-state index is 0.193. The largest absolute Gasteiger partial charge is 0.361 e. The molecule has 2 aromatic carbocycles. The smallest absolute Gasteiger partial charge is 0.227 e. The van der Waals surface area contributed by atoms with Gasteiger partial charge in [0, 0.05) is 53.0 Å². The van der Waals surface area contributed by atoms with Crippen LogP contribution in [0.25, 0.3) is 10.9 Å². The number of aromatic nitrogens is 2. The molecule has 5 heteroatoms. The van der Waals surface area contributed by atoms with Crippen LogP contribution in [0.3, 0.4) is 0 Å². The monoisotopic (exact) mass is 443 g/mol. The van der Waals surface area contributed by atoms with Gasteiger partial charge in [-0.3, -0.25) is 9.78 Å². The third-order valence-corrected chi connectivity index (χ3v) is 6.63. The number of benzene rings is 2. The Morgan fingerprint density at radius 3 is 2.69 bits per heavy atom. The lowest BCUT2D eigenvalue weighted by atomic mass is 9.93. The summed E-state index contributed by atoms with van der Waals surface area (Å²) in [5.41, 5.74) is 5.62. The number of piperidine rings is 1. The number of hydrogen-bond donors (Lipinski definition) is 1. The lowest BCUT2D eigenvalue weighted by molar-refractivity contribution is -0.131. The SMILES string of the molecule is O=C(Cc1c[nH]c2ccccc12)N1CCC[C@@H](c2ccc(Cc3ccc(Cl)cc3)cn2)C1. The summed E-state index contributed by atoms with van der Waals surface area (Å²) in [4.78, 5) is 23.1. The summed E-state index contributed by atoms with van der Waals surface area (Å²) in [5.74, 6) is 0.485. The van der Waals surface area contributed by atoms with Gasteiger partial charge in [0.25, 0.3) is 0 Å². The van der Waals surface area contributed by atoms with Crippen LogP contribution in [0.2, 0.25) is 5.02 Å². The minimum Gasteiger partial charge on any atom is -0.361 e. The maximum absolute atomic E-state index is 13.0. The van der Waals surface area contributed by atoms with Crippen molar-refractivity contribution in [3.63, 3.8) is 0 Å². The molecule has 0 unspecified atom stereocenters. The highest BCUT2D eigenvalue weighted by atomic mass is 35.5. The first kappa shape index (κ1) is 20.8. The van der Waals surface area contributed by atoms with Gasteiger partial charge in [0.15, 0.2) is 0 Å². The van der Waals surface area contributed by atoms with Crippen molar-refractivity contribution < 1.29 is 4.79 Å². The predicted molar refractivity (Wildman–Crippen MR) is 129 cm³/mol. The van der Waals surface area contributed by atoms with Gasteiger partial charge in [0.1, 0.15) is 0 Å². The van der Waals surface area contributed by atoms with Gasteiger partial charge in [-0.25, -0.2) is 0 Å². The van der Waals surface area contributed by atoms with E-state index in [9.17, 15) is 4.79 Å². The van der Waals surface area contributed by atoms with Crippen LogP contribution < -0.4 is 0 Å². The molecule has 0 saturated carbocycles. The average Bonchev–Trinajstić information content (AvgIpc) is 3.24. The number of likely N-dealkylation sites (tertiary alicyclic amines) is 1. The van der Waals surface area contributed by atoms with Crippen LogP contribution in [0.1, 0.15) is 41.1 Å². The van der Waals surface area contributed by atoms with Crippen molar-refractivity contribution in [2.75, 3.05) is 13.1 Å². The zero-order valence-corrected chi connectivity index (χ0v) is 18.7. The van der Waals surface area contributed by atoms with E-state index >= 15 is 0 Å². The molecular formula is C27H26ClN3O. The van der Waals surface area contributed by atoms with E-state index in [0.717, 1.165) is 59.5 Å². The van der Waals surface area contributed by atoms with E-state index in [2.05, 4.69) is 35.3 Å². The highest BCUT2D eigenvalue weighted by Crippen LogP contribution is 2.27. The fraction of sp³-hybridized carbons (Fsp3) is 0.259. The molecule has 1 aliphatic heterocycles. The number of carbonyl (C=O) groups excluding carboxylic acids is 1. The maximum atomic E-state index is 13.0. The van der Waals surface area contributed by atoms with E-state index in [-0.39, 0.29) is 5.91 Å². The summed E-state index contributed by atoms with van der Waals surface area (Å²) in [7, 11) is 0. The van der Waals surface area contributed by atoms with E-state index in [1.165, 1.54) is 11.1 Å². The van der Waals surface area contributed by atoms with E-state index in [0.29, 0.717) is 12.3 Å². The van der Waals surface area contributed by atoms with Crippen molar-refractivity contribution in [1.29, 1.82) is 0 Å². The Morgan fingerprint density at radius 1 is 1.06 bits per heavy atom. The van der Waals surface area contributed by atoms with Gasteiger partial charge < -0.3 is 9.88 Å². The second kappa shape index (κ2) is 9.17. The van der Waals surface area contributed by atoms with E-state index in [4.69, 9.17) is 16.6 Å². The second-order valence-corrected chi connectivity index (χ2v) is 9.05. The molecule has 32 heavy (non-hydrogen) atoms. The molecule has 162 valence electrons. The Morgan fingerprint density at radius 2 is 1.88 bits per heavy atom. The zero-order valence-electron chi connectivity index (χ0n) is 17.9. The van der Waals surface area contributed by atoms with E-state index < -0.39 is 0 Å². The second-order valence-electron chi connectivity index (χ2n) is 8.61. The van der Waals surface area contributed by atoms with Crippen molar-refractivity contribution in [2.24, 2.45) is 0 Å². The molecular weight excluding hydrogens is 418 g/mol. The number of pyridine rings is 1. The van der Waals surface area contributed by atoms with Crippen molar-refractivity contribution in [3.8, 4) is 0 Å². The number of aromatic amines is 1. The molecule has 1 atom stereocenters. The standard InChI is InChI=1S/C27H26ClN3O/c28-23-10-7-19(8-11-23)14-20-9-12-25(29-16-20)21-4-3-13-31(18-21)27(32)15-22-17-30-26-6-2-1-5-24(22)26/h1-2,5-12,16-17,21,30H,3-4,13-15,18H2/t21-/m1/s1. The summed E-state index contributed by atoms with van der Waals surface area (Å²) in [6.45, 7) is 1.57. The maximum Gasteiger partial charge on any atom is 0.227 e. The Labute approximate surface area is 193 Å². The number of nitrogens with zero attached hydrogens (tertiary/aromatic N) is 2. The molecule has 1 aliphatic rings. The molecule has 1 N–H and O–H groups in total. The van der Waals surface area contributed by atoms with Crippen LogP contribution in [0.5, 0.6) is 0 Å². The summed E-state index contributed by atoms with van der Waals surface area (Å²) >= 11 is 5.98. The minimum atomic E-state index is 0.193. The Kier molecular flexibility index (Phi) is 5.95. The quantitative estimate of drug-likeness (QED) is 0.426. The molecule has 3 heterocycles. The van der Waals surface area contributed by atoms with Crippen LogP contribution in [0.4, 0.5) is 0 Å². The molecule has 1 saturated heterocycles. The van der Waals surface area contributed by atoms with Gasteiger partial charge in [-0.1, -0.05) is 48.0 Å². The number of hydrogen-bond acceptors (Lipinski definition) is 2. The summed E-state index contributed by atoms with van der Waals surface area (Å²) in [6.07, 6.45) is 7.29. The molecule has 5 rings (SSSR count). The number of amides is 1. The molecule has 0 bridgehead atoms. The molecule has 4 nitrogen and oxygen atoms in total. The van der Waals surface area contributed by atoms with Gasteiger partial charge in [-0.15, -0.1) is 0 Å². The fourth-order valence-electron chi connectivity index (χ4n) is 4.62. The van der Waals surface area contributed by atoms with Crippen LogP contribution in [0.15, 0.2) is 73.1 Å². The highest BCUT2D eigenvalue weighted by molar-refractivity contribution is 6.30. The number of carbonyl (C=O) groups is 1. The summed E-state index contributed by atoms with van der Waals surface area (Å²) in [5, 5.41) is 1.88. The van der Waals surface area contributed by atoms with Crippen LogP contribution in [-0.2, 0) is 17.6 Å². The highest BCUT2D eigenvalue weighted by Gasteiger charge is 2.26. The van der Waals surface area contributed by atoms with Gasteiger partial charge in [0.2, 0.25) is 5.91 Å². The molecule has 0 radical (unpaired) electrons. The third-order valence-electron chi connectivity index (χ3n) is 6.38. The van der Waals surface area contributed by atoms with Crippen LogP contribution >= 0.6 is 11.6 Å². The molecule has 1 fully saturated rings. The number of para-hydroxylation sites is 1. The van der Waals surface area contributed by atoms with Gasteiger partial charge in [0.05, 0.1) is 6.42 Å². The number of rotatable bonds is 5. The first-order valence-corrected chi connectivity index (χ1v) is 11.6. The predicted octanol–water partition coefficient (Wildman–Crippen LogP) is 5.76. The van der Waals surface area contributed by atoms with Gasteiger partial charge in [-0.2, -0.15) is 0 Å². The van der Waals surface area contributed by atoms with E-state index in [1.807, 2.05) is 47.6 Å². The number of nitrogens with one attached hydrogen (secondary N) is 1. The summed E-state index contributed by atoms with van der Waals surface area (Å²) in [6, 6.07) is 20.4. The topological polar surface area (TPSA) is 49.0 Å². The molecule has 0 aliphatic carbocycles. The molecule has 4 aromatic rings. The molecule has 0 spiro atoms. The Balaban J connectivity index is 1.23. The van der Waals surface area contributed by atoms with Gasteiger partial charge in [-0.05, 0) is 60.2 Å². The zero-order chi connectivity index (χ0) is 21.9. The molecule has 2 aromatic heterocycles. The van der Waals surface area contributed by atoms with Crippen molar-refractivity contribution in [2.45, 2.75) is 31.6 Å². The third kappa shape index (κ3) is 4.56. The number of halogens is 1. The van der Waals surface area contributed by atoms with Crippen LogP contribution in [-0.4, -0.2) is 33.9 Å². The molecule has 1 amide bonds. The first-order valence-electron chi connectivity index (χ1n) is 11.2. The number of fused-ring (bicyclic) bond motifs is 1. The Hall–Kier alpha value is -3.11. The summed E-state index contributed by atoms with van der Waals surface area (Å²) < 4.78 is 0. The van der Waals surface area contributed by atoms with Crippen molar-refractivity contribution >= 4 is 28.4 Å². The van der Waals surface area contributed by atoms with Crippen LogP contribution in [0, 0.1) is 0 Å². The average molecular weight is 444 g/mol. The van der Waals surface area contributed by atoms with Gasteiger partial charge >= 0.3 is 0 Å². The van der Waals surface area contributed by atoms with E-state index in [1.54, 1.807) is 0 Å². The first-order chi connectivity index (χ1) is 15.7. The van der Waals surface area contributed by atoms with Crippen molar-refractivity contribution in [1.82, 2.24) is 14.9 Å². The lowest BCUT2D eigenvalue weighted by Crippen LogP contribution is -2.40. The van der Waals surface area contributed by atoms with Crippen molar-refractivity contribution in [3.05, 3.63) is 100 Å². The Bertz CT molecular complexity index is 1210. The fourth-order valence-corrected chi connectivity index (χ4v) is 4.74. The normalized spacial score (nSPS) is 16.4. The lowest BCUT2D eigenvalue weighted by Gasteiger charge is -2.32.